The van der Waals surface area contributed by atoms with Gasteiger partial charge in [-0.15, -0.1) is 0 Å². The van der Waals surface area contributed by atoms with Crippen LogP contribution in [0.4, 0.5) is 5.82 Å². The highest BCUT2D eigenvalue weighted by atomic mass is 16.5. The molecule has 2 aromatic rings. The first-order chi connectivity index (χ1) is 13.1. The summed E-state index contributed by atoms with van der Waals surface area (Å²) in [4.78, 5) is 37.6. The quantitative estimate of drug-likeness (QED) is 0.650. The zero-order valence-electron chi connectivity index (χ0n) is 15.5. The number of H-pyrrole nitrogens is 1. The molecule has 0 aliphatic carbocycles. The third-order valence-electron chi connectivity index (χ3n) is 4.64. The number of nitrogens with zero attached hydrogens (tertiary/aromatic N) is 3. The molecule has 2 atom stereocenters. The fourth-order valence-electron chi connectivity index (χ4n) is 3.23. The first kappa shape index (κ1) is 18.8. The standard InChI is InChI=1S/C18H24N6O3/c1-4-15(25)24-7-6-12(13(10-24)27-3)22-14-9-21-17-16(23-14)11(8-20-17)18(26)19-5-2/h4,8-9,12-13H,1,5-7,10H2,2-3H3,(H,19,26)(H,20,21)(H,22,23). The molecule has 0 bridgehead atoms. The minimum absolute atomic E-state index is 0.0255. The highest BCUT2D eigenvalue weighted by molar-refractivity contribution is 6.04. The highest BCUT2D eigenvalue weighted by Gasteiger charge is 2.31. The predicted octanol–water partition coefficient (Wildman–Crippen LogP) is 0.921. The van der Waals surface area contributed by atoms with Gasteiger partial charge in [-0.2, -0.15) is 0 Å². The van der Waals surface area contributed by atoms with Crippen LogP contribution < -0.4 is 10.6 Å². The zero-order valence-corrected chi connectivity index (χ0v) is 15.5. The van der Waals surface area contributed by atoms with E-state index in [0.717, 1.165) is 0 Å². The summed E-state index contributed by atoms with van der Waals surface area (Å²) < 4.78 is 5.56. The summed E-state index contributed by atoms with van der Waals surface area (Å²) in [5, 5.41) is 6.10. The van der Waals surface area contributed by atoms with Crippen LogP contribution in [0.3, 0.4) is 0 Å². The number of aromatic nitrogens is 3. The second kappa shape index (κ2) is 8.17. The van der Waals surface area contributed by atoms with E-state index in [1.54, 1.807) is 24.4 Å². The Morgan fingerprint density at radius 1 is 1.52 bits per heavy atom. The van der Waals surface area contributed by atoms with Gasteiger partial charge in [-0.3, -0.25) is 9.59 Å². The van der Waals surface area contributed by atoms with Gasteiger partial charge in [0.1, 0.15) is 11.3 Å². The predicted molar refractivity (Wildman–Crippen MR) is 101 cm³/mol. The Balaban J connectivity index is 1.77. The van der Waals surface area contributed by atoms with Gasteiger partial charge in [0.2, 0.25) is 5.91 Å². The van der Waals surface area contributed by atoms with Gasteiger partial charge < -0.3 is 25.3 Å². The first-order valence-electron chi connectivity index (χ1n) is 8.90. The number of likely N-dealkylation sites (tertiary alicyclic amines) is 1. The average molecular weight is 372 g/mol. The maximum atomic E-state index is 12.2. The van der Waals surface area contributed by atoms with Crippen molar-refractivity contribution in [3.05, 3.63) is 30.6 Å². The Morgan fingerprint density at radius 3 is 3.04 bits per heavy atom. The van der Waals surface area contributed by atoms with Crippen molar-refractivity contribution in [2.45, 2.75) is 25.5 Å². The van der Waals surface area contributed by atoms with Crippen molar-refractivity contribution in [3.63, 3.8) is 0 Å². The molecule has 3 N–H and O–H groups in total. The molecule has 1 saturated heterocycles. The number of amides is 2. The van der Waals surface area contributed by atoms with Gasteiger partial charge in [-0.25, -0.2) is 9.97 Å². The molecule has 1 fully saturated rings. The van der Waals surface area contributed by atoms with Crippen molar-refractivity contribution >= 4 is 28.8 Å². The number of piperidine rings is 1. The number of rotatable bonds is 6. The van der Waals surface area contributed by atoms with Crippen LogP contribution in [0.1, 0.15) is 23.7 Å². The summed E-state index contributed by atoms with van der Waals surface area (Å²) in [5.74, 6) is 0.264. The van der Waals surface area contributed by atoms with E-state index in [1.165, 1.54) is 6.08 Å². The molecule has 27 heavy (non-hydrogen) atoms. The number of nitrogens with one attached hydrogen (secondary N) is 3. The number of methoxy groups -OCH3 is 1. The Bertz CT molecular complexity index is 849. The number of hydrogen-bond acceptors (Lipinski definition) is 6. The van der Waals surface area contributed by atoms with Gasteiger partial charge in [0.15, 0.2) is 5.65 Å². The van der Waals surface area contributed by atoms with E-state index in [4.69, 9.17) is 4.74 Å². The number of aromatic amines is 1. The van der Waals surface area contributed by atoms with E-state index in [2.05, 4.69) is 32.2 Å². The smallest absolute Gasteiger partial charge is 0.255 e. The Kier molecular flexibility index (Phi) is 5.70. The Morgan fingerprint density at radius 2 is 2.33 bits per heavy atom. The van der Waals surface area contributed by atoms with Crippen LogP contribution in [-0.4, -0.2) is 70.6 Å². The van der Waals surface area contributed by atoms with Crippen molar-refractivity contribution in [2.24, 2.45) is 0 Å². The maximum absolute atomic E-state index is 12.2. The van der Waals surface area contributed by atoms with Crippen LogP contribution in [-0.2, 0) is 9.53 Å². The lowest BCUT2D eigenvalue weighted by Gasteiger charge is -2.37. The van der Waals surface area contributed by atoms with E-state index in [9.17, 15) is 9.59 Å². The fraction of sp³-hybridized carbons (Fsp3) is 0.444. The topological polar surface area (TPSA) is 112 Å². The number of fused-ring (bicyclic) bond motifs is 1. The number of anilines is 1. The maximum Gasteiger partial charge on any atom is 0.255 e. The lowest BCUT2D eigenvalue weighted by Crippen LogP contribution is -2.52. The lowest BCUT2D eigenvalue weighted by molar-refractivity contribution is -0.129. The van der Waals surface area contributed by atoms with Crippen molar-refractivity contribution in [2.75, 3.05) is 32.1 Å². The van der Waals surface area contributed by atoms with Crippen molar-refractivity contribution in [1.82, 2.24) is 25.2 Å². The van der Waals surface area contributed by atoms with Gasteiger partial charge in [0, 0.05) is 32.9 Å². The van der Waals surface area contributed by atoms with Gasteiger partial charge in [0.05, 0.1) is 23.9 Å². The third-order valence-corrected chi connectivity index (χ3v) is 4.64. The summed E-state index contributed by atoms with van der Waals surface area (Å²) >= 11 is 0. The lowest BCUT2D eigenvalue weighted by atomic mass is 10.0. The summed E-state index contributed by atoms with van der Waals surface area (Å²) in [6.07, 6.45) is 5.06. The molecule has 3 heterocycles. The van der Waals surface area contributed by atoms with Gasteiger partial charge >= 0.3 is 0 Å². The highest BCUT2D eigenvalue weighted by Crippen LogP contribution is 2.21. The molecule has 1 aliphatic heterocycles. The van der Waals surface area contributed by atoms with Gasteiger partial charge in [-0.1, -0.05) is 6.58 Å². The number of hydrogen-bond donors (Lipinski definition) is 3. The summed E-state index contributed by atoms with van der Waals surface area (Å²) in [5.41, 5.74) is 1.52. The van der Waals surface area contributed by atoms with Gasteiger partial charge in [-0.05, 0) is 19.4 Å². The number of carbonyl (C=O) groups excluding carboxylic acids is 2. The molecule has 9 nitrogen and oxygen atoms in total. The van der Waals surface area contributed by atoms with E-state index in [1.807, 2.05) is 6.92 Å². The summed E-state index contributed by atoms with van der Waals surface area (Å²) in [6.45, 7) is 7.01. The molecule has 2 amide bonds. The van der Waals surface area contributed by atoms with E-state index in [-0.39, 0.29) is 24.0 Å². The fourth-order valence-corrected chi connectivity index (χ4v) is 3.23. The van der Waals surface area contributed by atoms with E-state index in [0.29, 0.717) is 48.6 Å². The van der Waals surface area contributed by atoms with Crippen molar-refractivity contribution in [3.8, 4) is 0 Å². The average Bonchev–Trinajstić information content (AvgIpc) is 3.11. The second-order valence-electron chi connectivity index (χ2n) is 6.32. The molecule has 0 saturated carbocycles. The third kappa shape index (κ3) is 3.92. The molecule has 3 rings (SSSR count). The first-order valence-corrected chi connectivity index (χ1v) is 8.90. The van der Waals surface area contributed by atoms with E-state index < -0.39 is 0 Å². The second-order valence-corrected chi connectivity index (χ2v) is 6.32. The minimum atomic E-state index is -0.193. The van der Waals surface area contributed by atoms with Crippen LogP contribution in [0.5, 0.6) is 0 Å². The van der Waals surface area contributed by atoms with Crippen molar-refractivity contribution in [1.29, 1.82) is 0 Å². The van der Waals surface area contributed by atoms with Crippen LogP contribution in [0, 0.1) is 0 Å². The summed E-state index contributed by atoms with van der Waals surface area (Å²) in [7, 11) is 1.62. The molecular weight excluding hydrogens is 348 g/mol. The molecule has 1 aliphatic rings. The molecule has 2 unspecified atom stereocenters. The van der Waals surface area contributed by atoms with Crippen LogP contribution in [0.15, 0.2) is 25.0 Å². The molecule has 0 spiro atoms. The monoisotopic (exact) mass is 372 g/mol. The SMILES string of the molecule is C=CC(=O)N1CCC(Nc2cnc3[nH]cc(C(=O)NCC)c3n2)C(OC)C1. The van der Waals surface area contributed by atoms with Gasteiger partial charge in [0.25, 0.3) is 5.91 Å². The Hall–Kier alpha value is -2.94. The van der Waals surface area contributed by atoms with Crippen LogP contribution >= 0.6 is 0 Å². The molecule has 144 valence electrons. The number of ether oxygens (including phenoxy) is 1. The number of carbonyl (C=O) groups is 2. The molecule has 0 aromatic carbocycles. The molecule has 9 heteroatoms. The Labute approximate surface area is 157 Å². The van der Waals surface area contributed by atoms with Crippen molar-refractivity contribution < 1.29 is 14.3 Å². The molecular formula is C18H24N6O3. The largest absolute Gasteiger partial charge is 0.377 e. The minimum Gasteiger partial charge on any atom is -0.377 e. The van der Waals surface area contributed by atoms with Crippen LogP contribution in [0.25, 0.3) is 11.2 Å². The molecule has 0 radical (unpaired) electrons. The zero-order chi connectivity index (χ0) is 19.4. The molecule has 2 aromatic heterocycles. The summed E-state index contributed by atoms with van der Waals surface area (Å²) in [6, 6.07) is -0.0255. The van der Waals surface area contributed by atoms with Crippen LogP contribution in [0.2, 0.25) is 0 Å². The normalized spacial score (nSPS) is 19.7. The van der Waals surface area contributed by atoms with E-state index >= 15 is 0 Å².